The van der Waals surface area contributed by atoms with E-state index in [0.29, 0.717) is 10.2 Å². The van der Waals surface area contributed by atoms with Crippen LogP contribution in [0.25, 0.3) is 21.3 Å². The Labute approximate surface area is 190 Å². The van der Waals surface area contributed by atoms with E-state index in [-0.39, 0.29) is 34.2 Å². The molecule has 4 aromatic rings. The van der Waals surface area contributed by atoms with E-state index in [4.69, 9.17) is 15.3 Å². The van der Waals surface area contributed by atoms with E-state index < -0.39 is 5.91 Å². The van der Waals surface area contributed by atoms with Crippen molar-refractivity contribution in [2.45, 2.75) is 5.16 Å². The van der Waals surface area contributed by atoms with Gasteiger partial charge >= 0.3 is 0 Å². The highest BCUT2D eigenvalue weighted by atomic mass is 32.2. The molecule has 4 rings (SSSR count). The molecule has 1 amide bonds. The van der Waals surface area contributed by atoms with Crippen molar-refractivity contribution in [3.05, 3.63) is 52.1 Å². The lowest BCUT2D eigenvalue weighted by atomic mass is 10.1. The molecule has 164 valence electrons. The molecule has 0 atom stereocenters. The van der Waals surface area contributed by atoms with E-state index in [1.165, 1.54) is 31.6 Å². The van der Waals surface area contributed by atoms with Crippen molar-refractivity contribution in [3.8, 4) is 22.9 Å². The van der Waals surface area contributed by atoms with Gasteiger partial charge in [0.05, 0.1) is 31.4 Å². The van der Waals surface area contributed by atoms with Gasteiger partial charge in [0.2, 0.25) is 23.6 Å². The number of thioether (sulfide) groups is 1. The number of nitrogens with one attached hydrogen (secondary N) is 1. The summed E-state index contributed by atoms with van der Waals surface area (Å²) in [6.45, 7) is 0. The van der Waals surface area contributed by atoms with Crippen molar-refractivity contribution in [3.63, 3.8) is 0 Å². The first-order valence-electron chi connectivity index (χ1n) is 9.24. The van der Waals surface area contributed by atoms with Crippen LogP contribution in [0.2, 0.25) is 0 Å². The maximum atomic E-state index is 12.9. The van der Waals surface area contributed by atoms with Crippen molar-refractivity contribution < 1.29 is 14.3 Å². The minimum Gasteiger partial charge on any atom is -0.481 e. The molecule has 10 nitrogen and oxygen atoms in total. The molecule has 0 radical (unpaired) electrons. The highest BCUT2D eigenvalue weighted by molar-refractivity contribution is 7.99. The van der Waals surface area contributed by atoms with Crippen molar-refractivity contribution in [1.29, 1.82) is 0 Å². The van der Waals surface area contributed by atoms with Crippen molar-refractivity contribution >= 4 is 45.2 Å². The highest BCUT2D eigenvalue weighted by Gasteiger charge is 2.17. The van der Waals surface area contributed by atoms with Crippen molar-refractivity contribution in [2.75, 3.05) is 31.1 Å². The maximum absolute atomic E-state index is 12.9. The van der Waals surface area contributed by atoms with Crippen LogP contribution in [-0.4, -0.2) is 45.5 Å². The van der Waals surface area contributed by atoms with Crippen LogP contribution in [0.3, 0.4) is 0 Å². The normalized spacial score (nSPS) is 10.8. The molecule has 0 aliphatic heterocycles. The zero-order valence-corrected chi connectivity index (χ0v) is 18.7. The molecule has 1 aromatic carbocycles. The molecule has 0 unspecified atom stereocenters. The van der Waals surface area contributed by atoms with Crippen LogP contribution in [0.1, 0.15) is 0 Å². The number of thiophene rings is 1. The minimum atomic E-state index is -0.407. The van der Waals surface area contributed by atoms with Crippen LogP contribution >= 0.6 is 23.1 Å². The SMILES string of the molecule is COc1cc(OC)nc(NC(=O)CSc2nc3scc(-c4ccccc4)c3c(=O)n2N)n1. The molecule has 3 N–H and O–H groups in total. The first-order valence-corrected chi connectivity index (χ1v) is 11.1. The molecule has 0 saturated heterocycles. The molecule has 0 aliphatic rings. The number of anilines is 1. The monoisotopic (exact) mass is 470 g/mol. The number of carbonyl (C=O) groups is 1. The molecule has 0 aliphatic carbocycles. The summed E-state index contributed by atoms with van der Waals surface area (Å²) < 4.78 is 11.1. The molecule has 0 bridgehead atoms. The number of nitrogen functional groups attached to an aromatic ring is 1. The van der Waals surface area contributed by atoms with E-state index >= 15 is 0 Å². The molecular formula is C20H18N6O4S2. The lowest BCUT2D eigenvalue weighted by Crippen LogP contribution is -2.30. The molecular weight excluding hydrogens is 452 g/mol. The smallest absolute Gasteiger partial charge is 0.282 e. The zero-order valence-electron chi connectivity index (χ0n) is 17.1. The van der Waals surface area contributed by atoms with Crippen molar-refractivity contribution in [1.82, 2.24) is 19.6 Å². The van der Waals surface area contributed by atoms with Crippen LogP contribution < -0.4 is 26.2 Å². The fraction of sp³-hybridized carbons (Fsp3) is 0.150. The number of rotatable bonds is 7. The van der Waals surface area contributed by atoms with Crippen LogP contribution in [0.4, 0.5) is 5.95 Å². The number of nitrogens with two attached hydrogens (primary N) is 1. The second-order valence-corrected chi connectivity index (χ2v) is 8.18. The third-order valence-corrected chi connectivity index (χ3v) is 6.20. The summed E-state index contributed by atoms with van der Waals surface area (Å²) in [6.07, 6.45) is 0. The number of benzene rings is 1. The summed E-state index contributed by atoms with van der Waals surface area (Å²) in [6, 6.07) is 11.0. The molecule has 0 spiro atoms. The van der Waals surface area contributed by atoms with Gasteiger partial charge < -0.3 is 15.3 Å². The fourth-order valence-electron chi connectivity index (χ4n) is 2.88. The Morgan fingerprint density at radius 1 is 1.16 bits per heavy atom. The molecule has 0 saturated carbocycles. The first kappa shape index (κ1) is 21.6. The summed E-state index contributed by atoms with van der Waals surface area (Å²) in [4.78, 5) is 38.5. The van der Waals surface area contributed by atoms with Crippen LogP contribution in [0.5, 0.6) is 11.8 Å². The van der Waals surface area contributed by atoms with E-state index in [1.54, 1.807) is 0 Å². The summed E-state index contributed by atoms with van der Waals surface area (Å²) >= 11 is 2.38. The quantitative estimate of drug-likeness (QED) is 0.237. The van der Waals surface area contributed by atoms with Gasteiger partial charge in [-0.05, 0) is 5.56 Å². The summed E-state index contributed by atoms with van der Waals surface area (Å²) in [5, 5.41) is 5.12. The van der Waals surface area contributed by atoms with Gasteiger partial charge in [-0.3, -0.25) is 14.9 Å². The Hall–Kier alpha value is -3.64. The number of nitrogens with zero attached hydrogens (tertiary/aromatic N) is 4. The number of carbonyl (C=O) groups excluding carboxylic acids is 1. The number of hydrogen-bond donors (Lipinski definition) is 2. The third-order valence-electron chi connectivity index (χ3n) is 4.37. The van der Waals surface area contributed by atoms with Crippen LogP contribution in [-0.2, 0) is 4.79 Å². The largest absolute Gasteiger partial charge is 0.481 e. The Kier molecular flexibility index (Phi) is 6.23. The summed E-state index contributed by atoms with van der Waals surface area (Å²) in [7, 11) is 2.89. The fourth-order valence-corrected chi connectivity index (χ4v) is 4.58. The van der Waals surface area contributed by atoms with Gasteiger partial charge in [-0.15, -0.1) is 11.3 Å². The molecule has 3 aromatic heterocycles. The van der Waals surface area contributed by atoms with Crippen LogP contribution in [0, 0.1) is 0 Å². The Balaban J connectivity index is 1.53. The standard InChI is InChI=1S/C20H18N6O4S2/c1-29-14-8-15(30-2)24-19(23-14)22-13(27)10-32-20-25-17-16(18(28)26(20)21)12(9-31-17)11-6-4-3-5-7-11/h3-9H,10,21H2,1-2H3,(H,22,23,24,27). The topological polar surface area (TPSA) is 134 Å². The Bertz CT molecular complexity index is 1320. The first-order chi connectivity index (χ1) is 15.5. The van der Waals surface area contributed by atoms with Crippen molar-refractivity contribution in [2.24, 2.45) is 0 Å². The molecule has 0 fully saturated rings. The lowest BCUT2D eigenvalue weighted by molar-refractivity contribution is -0.113. The summed E-state index contributed by atoms with van der Waals surface area (Å²) in [5.41, 5.74) is 1.31. The molecule has 3 heterocycles. The zero-order chi connectivity index (χ0) is 22.7. The average Bonchev–Trinajstić information content (AvgIpc) is 3.24. The molecule has 12 heteroatoms. The number of aromatic nitrogens is 4. The van der Waals surface area contributed by atoms with E-state index in [1.807, 2.05) is 35.7 Å². The van der Waals surface area contributed by atoms with E-state index in [2.05, 4.69) is 20.3 Å². The number of amides is 1. The Morgan fingerprint density at radius 3 is 2.50 bits per heavy atom. The number of hydrogen-bond acceptors (Lipinski definition) is 10. The number of methoxy groups -OCH3 is 2. The number of ether oxygens (including phenoxy) is 2. The third kappa shape index (κ3) is 4.36. The maximum Gasteiger partial charge on any atom is 0.282 e. The second kappa shape index (κ2) is 9.24. The molecule has 32 heavy (non-hydrogen) atoms. The highest BCUT2D eigenvalue weighted by Crippen LogP contribution is 2.31. The van der Waals surface area contributed by atoms with Gasteiger partial charge in [0, 0.05) is 10.9 Å². The van der Waals surface area contributed by atoms with E-state index in [0.717, 1.165) is 27.6 Å². The van der Waals surface area contributed by atoms with Gasteiger partial charge in [0.25, 0.3) is 5.56 Å². The van der Waals surface area contributed by atoms with Gasteiger partial charge in [-0.25, -0.2) is 9.66 Å². The predicted octanol–water partition coefficient (Wildman–Crippen LogP) is 2.38. The minimum absolute atomic E-state index is 0.0334. The number of fused-ring (bicyclic) bond motifs is 1. The summed E-state index contributed by atoms with van der Waals surface area (Å²) in [5.74, 6) is 6.06. The Morgan fingerprint density at radius 2 is 1.84 bits per heavy atom. The van der Waals surface area contributed by atoms with Gasteiger partial charge in [-0.2, -0.15) is 9.97 Å². The van der Waals surface area contributed by atoms with E-state index in [9.17, 15) is 9.59 Å². The lowest BCUT2D eigenvalue weighted by Gasteiger charge is -2.09. The average molecular weight is 471 g/mol. The van der Waals surface area contributed by atoms with Gasteiger partial charge in [0.15, 0.2) is 5.16 Å². The van der Waals surface area contributed by atoms with Gasteiger partial charge in [-0.1, -0.05) is 42.1 Å². The van der Waals surface area contributed by atoms with Gasteiger partial charge in [0.1, 0.15) is 4.83 Å². The van der Waals surface area contributed by atoms with Crippen LogP contribution in [0.15, 0.2) is 51.7 Å². The predicted molar refractivity (Wildman–Crippen MR) is 124 cm³/mol. The second-order valence-electron chi connectivity index (χ2n) is 6.38.